The summed E-state index contributed by atoms with van der Waals surface area (Å²) in [5.41, 5.74) is 0.287. The number of carbonyl (C=O) groups is 4. The average molecular weight is 749 g/mol. The minimum absolute atomic E-state index is 0.0389. The van der Waals surface area contributed by atoms with Gasteiger partial charge >= 0.3 is 11.9 Å². The molecular weight excluding hydrogens is 677 g/mol. The molecule has 0 aromatic carbocycles. The Bertz CT molecular complexity index is 1620. The van der Waals surface area contributed by atoms with Gasteiger partial charge in [-0.2, -0.15) is 0 Å². The minimum atomic E-state index is -0.827. The molecule has 8 heteroatoms. The number of Topliss-reactive ketones (excluding diaryl/α,β-unsaturated/α-hetero) is 1. The number of fused-ring (bicyclic) bond motifs is 7. The Hall–Kier alpha value is -2.22. The zero-order valence-corrected chi connectivity index (χ0v) is 35.6. The number of aliphatic carboxylic acids is 1. The van der Waals surface area contributed by atoms with Crippen molar-refractivity contribution in [2.75, 3.05) is 19.6 Å². The molecule has 6 fully saturated rings. The molecule has 54 heavy (non-hydrogen) atoms. The van der Waals surface area contributed by atoms with Crippen LogP contribution in [0, 0.1) is 68.0 Å². The van der Waals surface area contributed by atoms with E-state index in [0.29, 0.717) is 24.7 Å². The van der Waals surface area contributed by atoms with Gasteiger partial charge in [0.05, 0.1) is 17.3 Å². The molecule has 1 heterocycles. The number of nitrogens with one attached hydrogen (secondary N) is 1. The van der Waals surface area contributed by atoms with E-state index in [1.165, 1.54) is 18.4 Å². The third-order valence-corrected chi connectivity index (χ3v) is 18.2. The molecule has 1 aliphatic heterocycles. The highest BCUT2D eigenvalue weighted by Crippen LogP contribution is 2.77. The molecule has 6 aliphatic carbocycles. The smallest absolute Gasteiger partial charge is 0.309 e. The first-order valence-electron chi connectivity index (χ1n) is 21.7. The maximum Gasteiger partial charge on any atom is 0.309 e. The van der Waals surface area contributed by atoms with E-state index in [1.54, 1.807) is 0 Å². The van der Waals surface area contributed by atoms with E-state index in [0.717, 1.165) is 76.6 Å². The van der Waals surface area contributed by atoms with Crippen LogP contribution in [0.25, 0.3) is 0 Å². The van der Waals surface area contributed by atoms with E-state index in [-0.39, 0.29) is 68.7 Å². The van der Waals surface area contributed by atoms with Crippen LogP contribution in [0.5, 0.6) is 0 Å². The molecule has 0 radical (unpaired) electrons. The van der Waals surface area contributed by atoms with Crippen molar-refractivity contribution >= 4 is 23.6 Å². The predicted octanol–water partition coefficient (Wildman–Crippen LogP) is 8.62. The number of carboxylic acids is 1. The standard InChI is InChI=1S/C46H72N2O6/c1-27(2)35-31(49)25-46(39(53)47-40(3,4)26-48-22-12-13-23-48)21-20-44(10)28(36(35)46)14-15-33-43(9)18-17-34(42(7,8)32(43)16-19-45(33,44)11)54-38(52)30-24-29(37(50)51)41(30,5)6/h27-30,32-34H,12-26H2,1-11H3,(H,47,53)(H,50,51)/t28-,29+,30-,32+,33-,34+,43+,44-,45-,46-/m1/s1. The minimum Gasteiger partial charge on any atom is -0.481 e. The van der Waals surface area contributed by atoms with Crippen LogP contribution in [0.1, 0.15) is 153 Å². The molecule has 8 nitrogen and oxygen atoms in total. The molecule has 7 rings (SSSR count). The molecule has 7 aliphatic rings. The van der Waals surface area contributed by atoms with E-state index in [9.17, 15) is 24.3 Å². The molecule has 1 amide bonds. The lowest BCUT2D eigenvalue weighted by molar-refractivity contribution is -0.236. The van der Waals surface area contributed by atoms with Crippen LogP contribution in [0.15, 0.2) is 11.1 Å². The fourth-order valence-electron chi connectivity index (χ4n) is 15.0. The van der Waals surface area contributed by atoms with Crippen LogP contribution in [0.2, 0.25) is 0 Å². The summed E-state index contributed by atoms with van der Waals surface area (Å²) in [7, 11) is 0. The van der Waals surface area contributed by atoms with E-state index in [1.807, 2.05) is 13.8 Å². The number of allylic oxidation sites excluding steroid dienone is 1. The van der Waals surface area contributed by atoms with Crippen molar-refractivity contribution in [2.24, 2.45) is 68.0 Å². The molecule has 5 saturated carbocycles. The molecular formula is C46H72N2O6. The van der Waals surface area contributed by atoms with Crippen molar-refractivity contribution < 1.29 is 29.0 Å². The first-order valence-corrected chi connectivity index (χ1v) is 21.7. The van der Waals surface area contributed by atoms with Crippen molar-refractivity contribution in [1.29, 1.82) is 0 Å². The number of ketones is 1. The van der Waals surface area contributed by atoms with Crippen LogP contribution in [0.4, 0.5) is 0 Å². The van der Waals surface area contributed by atoms with Gasteiger partial charge < -0.3 is 20.1 Å². The van der Waals surface area contributed by atoms with Crippen molar-refractivity contribution in [3.05, 3.63) is 11.1 Å². The number of carboxylic acid groups (broad SMARTS) is 1. The lowest BCUT2D eigenvalue weighted by atomic mass is 9.33. The fourth-order valence-corrected chi connectivity index (χ4v) is 15.0. The number of rotatable bonds is 8. The molecule has 302 valence electrons. The zero-order valence-electron chi connectivity index (χ0n) is 35.6. The number of hydrogen-bond donors (Lipinski definition) is 2. The van der Waals surface area contributed by atoms with Gasteiger partial charge in [-0.15, -0.1) is 0 Å². The quantitative estimate of drug-likeness (QED) is 0.239. The topological polar surface area (TPSA) is 113 Å². The zero-order chi connectivity index (χ0) is 39.6. The van der Waals surface area contributed by atoms with Gasteiger partial charge in [0.25, 0.3) is 0 Å². The second-order valence-electron chi connectivity index (χ2n) is 22.4. The van der Waals surface area contributed by atoms with Gasteiger partial charge in [0, 0.05) is 23.9 Å². The maximum atomic E-state index is 14.8. The van der Waals surface area contributed by atoms with Crippen LogP contribution >= 0.6 is 0 Å². The summed E-state index contributed by atoms with van der Waals surface area (Å²) in [4.78, 5) is 56.8. The number of ether oxygens (including phenoxy) is 1. The Morgan fingerprint density at radius 2 is 1.52 bits per heavy atom. The Labute approximate surface area is 325 Å². The summed E-state index contributed by atoms with van der Waals surface area (Å²) < 4.78 is 6.42. The summed E-state index contributed by atoms with van der Waals surface area (Å²) >= 11 is 0. The maximum absolute atomic E-state index is 14.8. The van der Waals surface area contributed by atoms with Gasteiger partial charge in [-0.1, -0.05) is 62.3 Å². The number of hydrogen-bond acceptors (Lipinski definition) is 6. The second-order valence-corrected chi connectivity index (χ2v) is 22.4. The van der Waals surface area contributed by atoms with Gasteiger partial charge in [0.2, 0.25) is 5.91 Å². The van der Waals surface area contributed by atoms with Crippen LogP contribution in [-0.4, -0.2) is 64.9 Å². The third kappa shape index (κ3) is 5.65. The summed E-state index contributed by atoms with van der Waals surface area (Å²) in [6.45, 7) is 27.7. The molecule has 0 aromatic heterocycles. The SMILES string of the molecule is CC(C)C1=C2[C@H]3CC[C@@H]4[C@@]5(C)CC[C@H](OC(=O)[C@H]6C[C@@H](C(=O)O)C6(C)C)C(C)(C)[C@@H]5CC[C@@]4(C)[C@]3(C)CC[C@@]2(C(=O)NC(C)(C)CN2CCCC2)CC1=O. The van der Waals surface area contributed by atoms with Gasteiger partial charge in [0.1, 0.15) is 6.10 Å². The molecule has 1 saturated heterocycles. The molecule has 2 N–H and O–H groups in total. The average Bonchev–Trinajstić information content (AvgIpc) is 3.66. The monoisotopic (exact) mass is 749 g/mol. The van der Waals surface area contributed by atoms with Crippen molar-refractivity contribution in [1.82, 2.24) is 10.2 Å². The lowest BCUT2D eigenvalue weighted by Crippen LogP contribution is -2.66. The summed E-state index contributed by atoms with van der Waals surface area (Å²) in [6.07, 6.45) is 10.7. The Kier molecular flexibility index (Phi) is 9.55. The highest BCUT2D eigenvalue weighted by molar-refractivity contribution is 6.07. The van der Waals surface area contributed by atoms with Gasteiger partial charge in [0.15, 0.2) is 5.78 Å². The third-order valence-electron chi connectivity index (χ3n) is 18.2. The normalized spacial score (nSPS) is 42.7. The molecule has 0 aromatic rings. The number of nitrogens with zero attached hydrogens (tertiary/aromatic N) is 1. The Balaban J connectivity index is 1.15. The largest absolute Gasteiger partial charge is 0.481 e. The van der Waals surface area contributed by atoms with Crippen molar-refractivity contribution in [2.45, 2.75) is 165 Å². The van der Waals surface area contributed by atoms with Crippen LogP contribution in [0.3, 0.4) is 0 Å². The molecule has 0 unspecified atom stereocenters. The molecule has 0 spiro atoms. The molecule has 10 atom stereocenters. The van der Waals surface area contributed by atoms with Crippen molar-refractivity contribution in [3.63, 3.8) is 0 Å². The van der Waals surface area contributed by atoms with Gasteiger partial charge in [-0.3, -0.25) is 19.2 Å². The van der Waals surface area contributed by atoms with Crippen LogP contribution in [-0.2, 0) is 23.9 Å². The number of esters is 1. The summed E-state index contributed by atoms with van der Waals surface area (Å²) in [6, 6.07) is 0. The predicted molar refractivity (Wildman–Crippen MR) is 210 cm³/mol. The second kappa shape index (κ2) is 12.9. The molecule has 0 bridgehead atoms. The first-order chi connectivity index (χ1) is 25.0. The van der Waals surface area contributed by atoms with E-state index < -0.39 is 22.7 Å². The number of amides is 1. The van der Waals surface area contributed by atoms with Crippen LogP contribution < -0.4 is 5.32 Å². The number of likely N-dealkylation sites (tertiary alicyclic amines) is 1. The first kappa shape index (κ1) is 40.0. The van der Waals surface area contributed by atoms with E-state index in [2.05, 4.69) is 72.5 Å². The van der Waals surface area contributed by atoms with Gasteiger partial charge in [-0.25, -0.2) is 0 Å². The fraction of sp³-hybridized carbons (Fsp3) is 0.870. The summed E-state index contributed by atoms with van der Waals surface area (Å²) in [5, 5.41) is 13.2. The van der Waals surface area contributed by atoms with E-state index in [4.69, 9.17) is 4.74 Å². The van der Waals surface area contributed by atoms with Crippen molar-refractivity contribution in [3.8, 4) is 0 Å². The van der Waals surface area contributed by atoms with E-state index >= 15 is 0 Å². The highest BCUT2D eigenvalue weighted by Gasteiger charge is 2.71. The Morgan fingerprint density at radius 3 is 2.13 bits per heavy atom. The lowest BCUT2D eigenvalue weighted by Gasteiger charge is -2.72. The number of carbonyl (C=O) groups excluding carboxylic acids is 3. The Morgan fingerprint density at radius 1 is 0.852 bits per heavy atom. The summed E-state index contributed by atoms with van der Waals surface area (Å²) in [5.74, 6) is -0.497. The highest BCUT2D eigenvalue weighted by atomic mass is 16.5. The van der Waals surface area contributed by atoms with Gasteiger partial charge in [-0.05, 0) is 154 Å².